The first-order valence-corrected chi connectivity index (χ1v) is 6.11. The molecular formula is C15H14FNO3. The average Bonchev–Trinajstić information content (AvgIpc) is 2.83. The lowest BCUT2D eigenvalue weighted by Gasteiger charge is -2.16. The van der Waals surface area contributed by atoms with E-state index in [0.29, 0.717) is 11.1 Å². The van der Waals surface area contributed by atoms with Crippen LogP contribution in [-0.2, 0) is 0 Å². The molecule has 0 aliphatic rings. The molecule has 2 rings (SSSR count). The standard InChI is InChI=1S/C15H14FNO3/c1-9(11-4-3-5-13(16)6-11)17-8-12(10(2)18)7-14(17)15(19)20/h3-9H,1-2H3,(H,19,20). The van der Waals surface area contributed by atoms with Gasteiger partial charge in [-0.3, -0.25) is 4.79 Å². The molecule has 0 fully saturated rings. The van der Waals surface area contributed by atoms with Crippen LogP contribution in [0, 0.1) is 5.82 Å². The van der Waals surface area contributed by atoms with E-state index in [4.69, 9.17) is 0 Å². The number of carbonyl (C=O) groups excluding carboxylic acids is 1. The van der Waals surface area contributed by atoms with E-state index < -0.39 is 5.97 Å². The Labute approximate surface area is 115 Å². The number of halogens is 1. The average molecular weight is 275 g/mol. The number of nitrogens with zero attached hydrogens (tertiary/aromatic N) is 1. The topological polar surface area (TPSA) is 59.3 Å². The maximum Gasteiger partial charge on any atom is 0.352 e. The van der Waals surface area contributed by atoms with Crippen molar-refractivity contribution in [2.75, 3.05) is 0 Å². The van der Waals surface area contributed by atoms with Gasteiger partial charge >= 0.3 is 5.97 Å². The summed E-state index contributed by atoms with van der Waals surface area (Å²) < 4.78 is 14.7. The number of carboxylic acids is 1. The third kappa shape index (κ3) is 2.61. The molecular weight excluding hydrogens is 261 g/mol. The summed E-state index contributed by atoms with van der Waals surface area (Å²) in [5.74, 6) is -1.72. The molecule has 0 bridgehead atoms. The Hall–Kier alpha value is -2.43. The van der Waals surface area contributed by atoms with Crippen molar-refractivity contribution in [1.29, 1.82) is 0 Å². The van der Waals surface area contributed by atoms with Gasteiger partial charge in [-0.1, -0.05) is 12.1 Å². The fraction of sp³-hybridized carbons (Fsp3) is 0.200. The molecule has 1 N–H and O–H groups in total. The van der Waals surface area contributed by atoms with E-state index in [2.05, 4.69) is 0 Å². The Balaban J connectivity index is 2.50. The molecule has 4 nitrogen and oxygen atoms in total. The van der Waals surface area contributed by atoms with Gasteiger partial charge in [0, 0.05) is 11.8 Å². The Morgan fingerprint density at radius 2 is 2.00 bits per heavy atom. The molecule has 104 valence electrons. The molecule has 1 atom stereocenters. The molecule has 0 saturated heterocycles. The normalized spacial score (nSPS) is 12.2. The minimum absolute atomic E-state index is 0.00645. The molecule has 0 amide bonds. The van der Waals surface area contributed by atoms with Crippen LogP contribution < -0.4 is 0 Å². The van der Waals surface area contributed by atoms with E-state index in [1.165, 1.54) is 35.9 Å². The van der Waals surface area contributed by atoms with Crippen LogP contribution in [0.3, 0.4) is 0 Å². The van der Waals surface area contributed by atoms with Gasteiger partial charge in [-0.15, -0.1) is 0 Å². The zero-order chi connectivity index (χ0) is 14.9. The van der Waals surface area contributed by atoms with Crippen LogP contribution in [0.1, 0.15) is 46.3 Å². The molecule has 2 aromatic rings. The van der Waals surface area contributed by atoms with Crippen LogP contribution in [0.2, 0.25) is 0 Å². The summed E-state index contributed by atoms with van der Waals surface area (Å²) in [6, 6.07) is 6.91. The van der Waals surface area contributed by atoms with Crippen molar-refractivity contribution in [3.8, 4) is 0 Å². The minimum atomic E-state index is -1.12. The first kappa shape index (κ1) is 14.0. The monoisotopic (exact) mass is 275 g/mol. The van der Waals surface area contributed by atoms with Gasteiger partial charge in [-0.2, -0.15) is 0 Å². The second-order valence-corrected chi connectivity index (χ2v) is 4.61. The second-order valence-electron chi connectivity index (χ2n) is 4.61. The van der Waals surface area contributed by atoms with Crippen molar-refractivity contribution in [1.82, 2.24) is 4.57 Å². The van der Waals surface area contributed by atoms with Crippen molar-refractivity contribution in [3.63, 3.8) is 0 Å². The van der Waals surface area contributed by atoms with Crippen LogP contribution in [-0.4, -0.2) is 21.4 Å². The van der Waals surface area contributed by atoms with E-state index in [0.717, 1.165) is 0 Å². The highest BCUT2D eigenvalue weighted by Crippen LogP contribution is 2.23. The number of aromatic nitrogens is 1. The Morgan fingerprint density at radius 3 is 2.55 bits per heavy atom. The van der Waals surface area contributed by atoms with Gasteiger partial charge in [-0.25, -0.2) is 9.18 Å². The van der Waals surface area contributed by atoms with Gasteiger partial charge in [0.25, 0.3) is 0 Å². The molecule has 0 saturated carbocycles. The maximum absolute atomic E-state index is 13.3. The summed E-state index contributed by atoms with van der Waals surface area (Å²) in [6.45, 7) is 3.13. The molecule has 0 spiro atoms. The molecule has 0 aliphatic heterocycles. The molecule has 1 aromatic heterocycles. The summed E-state index contributed by atoms with van der Waals surface area (Å²) in [4.78, 5) is 22.6. The number of Topliss-reactive ketones (excluding diaryl/α,β-unsaturated/α-hetero) is 1. The van der Waals surface area contributed by atoms with Crippen LogP contribution in [0.15, 0.2) is 36.5 Å². The number of hydrogen-bond donors (Lipinski definition) is 1. The van der Waals surface area contributed by atoms with Crippen molar-refractivity contribution in [2.24, 2.45) is 0 Å². The number of rotatable bonds is 4. The van der Waals surface area contributed by atoms with Gasteiger partial charge in [0.15, 0.2) is 5.78 Å². The first-order chi connectivity index (χ1) is 9.40. The fourth-order valence-electron chi connectivity index (χ4n) is 2.09. The van der Waals surface area contributed by atoms with Gasteiger partial charge in [0.1, 0.15) is 11.5 Å². The van der Waals surface area contributed by atoms with Crippen molar-refractivity contribution >= 4 is 11.8 Å². The molecule has 20 heavy (non-hydrogen) atoms. The molecule has 1 unspecified atom stereocenters. The van der Waals surface area contributed by atoms with E-state index >= 15 is 0 Å². The number of carboxylic acid groups (broad SMARTS) is 1. The number of aromatic carboxylic acids is 1. The lowest BCUT2D eigenvalue weighted by molar-refractivity contribution is 0.0684. The number of ketones is 1. The third-order valence-electron chi connectivity index (χ3n) is 3.22. The molecule has 0 aliphatic carbocycles. The SMILES string of the molecule is CC(=O)c1cc(C(=O)O)n(C(C)c2cccc(F)c2)c1. The highest BCUT2D eigenvalue weighted by atomic mass is 19.1. The Kier molecular flexibility index (Phi) is 3.70. The van der Waals surface area contributed by atoms with Crippen LogP contribution >= 0.6 is 0 Å². The second kappa shape index (κ2) is 5.28. The summed E-state index contributed by atoms with van der Waals surface area (Å²) in [5.41, 5.74) is 0.968. The largest absolute Gasteiger partial charge is 0.477 e. The highest BCUT2D eigenvalue weighted by molar-refractivity contribution is 5.97. The quantitative estimate of drug-likeness (QED) is 0.872. The number of benzene rings is 1. The minimum Gasteiger partial charge on any atom is -0.477 e. The summed E-state index contributed by atoms with van der Waals surface area (Å²) in [7, 11) is 0. The molecule has 1 aromatic carbocycles. The van der Waals surface area contributed by atoms with E-state index in [1.807, 2.05) is 0 Å². The molecule has 0 radical (unpaired) electrons. The molecule has 5 heteroatoms. The molecule has 1 heterocycles. The fourth-order valence-corrected chi connectivity index (χ4v) is 2.09. The van der Waals surface area contributed by atoms with Crippen molar-refractivity contribution in [2.45, 2.75) is 19.9 Å². The van der Waals surface area contributed by atoms with Gasteiger partial charge in [0.05, 0.1) is 6.04 Å². The first-order valence-electron chi connectivity index (χ1n) is 6.11. The predicted octanol–water partition coefficient (Wildman–Crippen LogP) is 3.14. The van der Waals surface area contributed by atoms with Crippen LogP contribution in [0.5, 0.6) is 0 Å². The number of hydrogen-bond acceptors (Lipinski definition) is 2. The predicted molar refractivity (Wildman–Crippen MR) is 71.6 cm³/mol. The lowest BCUT2D eigenvalue weighted by atomic mass is 10.1. The Bertz CT molecular complexity index is 676. The highest BCUT2D eigenvalue weighted by Gasteiger charge is 2.19. The van der Waals surface area contributed by atoms with E-state index in [1.54, 1.807) is 19.1 Å². The Morgan fingerprint density at radius 1 is 1.30 bits per heavy atom. The maximum atomic E-state index is 13.3. The summed E-state index contributed by atoms with van der Waals surface area (Å²) >= 11 is 0. The van der Waals surface area contributed by atoms with Crippen LogP contribution in [0.4, 0.5) is 4.39 Å². The lowest BCUT2D eigenvalue weighted by Crippen LogP contribution is -2.13. The summed E-state index contributed by atoms with van der Waals surface area (Å²) in [5, 5.41) is 9.20. The smallest absolute Gasteiger partial charge is 0.352 e. The van der Waals surface area contributed by atoms with Crippen LogP contribution in [0.25, 0.3) is 0 Å². The van der Waals surface area contributed by atoms with E-state index in [-0.39, 0.29) is 23.3 Å². The van der Waals surface area contributed by atoms with Crippen molar-refractivity contribution in [3.05, 3.63) is 59.2 Å². The van der Waals surface area contributed by atoms with Crippen molar-refractivity contribution < 1.29 is 19.1 Å². The number of carbonyl (C=O) groups is 2. The van der Waals surface area contributed by atoms with Gasteiger partial charge < -0.3 is 9.67 Å². The third-order valence-corrected chi connectivity index (χ3v) is 3.22. The zero-order valence-electron chi connectivity index (χ0n) is 11.1. The van der Waals surface area contributed by atoms with E-state index in [9.17, 15) is 19.1 Å². The zero-order valence-corrected chi connectivity index (χ0v) is 11.1. The summed E-state index contributed by atoms with van der Waals surface area (Å²) in [6.07, 6.45) is 1.49. The van der Waals surface area contributed by atoms with Gasteiger partial charge in [-0.05, 0) is 37.6 Å². The van der Waals surface area contributed by atoms with Gasteiger partial charge in [0.2, 0.25) is 0 Å².